The van der Waals surface area contributed by atoms with Gasteiger partial charge < -0.3 is 20.3 Å². The first kappa shape index (κ1) is 23.9. The normalized spacial score (nSPS) is 18.7. The fourth-order valence-corrected chi connectivity index (χ4v) is 5.29. The van der Waals surface area contributed by atoms with Crippen LogP contribution in [0.4, 0.5) is 5.69 Å². The molecule has 1 saturated heterocycles. The third-order valence-corrected chi connectivity index (χ3v) is 7.45. The first-order valence-corrected chi connectivity index (χ1v) is 13.0. The molecule has 2 aliphatic rings. The van der Waals surface area contributed by atoms with Crippen molar-refractivity contribution in [3.63, 3.8) is 0 Å². The number of ether oxygens (including phenoxy) is 1. The summed E-state index contributed by atoms with van der Waals surface area (Å²) in [6, 6.07) is 20.1. The predicted octanol–water partition coefficient (Wildman–Crippen LogP) is 3.98. The molecule has 3 aromatic carbocycles. The number of carbonyl (C=O) groups excluding carboxylic acids is 3. The van der Waals surface area contributed by atoms with Crippen LogP contribution >= 0.6 is 11.8 Å². The number of carbonyl (C=O) groups is 3. The highest BCUT2D eigenvalue weighted by Gasteiger charge is 2.43. The van der Waals surface area contributed by atoms with Gasteiger partial charge in [0.15, 0.2) is 0 Å². The molecule has 36 heavy (non-hydrogen) atoms. The minimum Gasteiger partial charge on any atom is -0.496 e. The lowest BCUT2D eigenvalue weighted by Crippen LogP contribution is -2.41. The molecule has 3 aromatic rings. The Morgan fingerprint density at radius 2 is 1.83 bits per heavy atom. The van der Waals surface area contributed by atoms with Crippen molar-refractivity contribution in [2.75, 3.05) is 25.2 Å². The zero-order chi connectivity index (χ0) is 25.2. The van der Waals surface area contributed by atoms with Crippen LogP contribution in [0.2, 0.25) is 0 Å². The molecule has 0 radical (unpaired) electrons. The lowest BCUT2D eigenvalue weighted by Gasteiger charge is -2.20. The molecule has 0 spiro atoms. The van der Waals surface area contributed by atoms with Crippen molar-refractivity contribution in [2.24, 2.45) is 0 Å². The molecule has 7 nitrogen and oxygen atoms in total. The van der Waals surface area contributed by atoms with E-state index in [0.717, 1.165) is 21.6 Å². The maximum absolute atomic E-state index is 13.6. The molecule has 184 valence electrons. The number of para-hydroxylation sites is 1. The van der Waals surface area contributed by atoms with Crippen LogP contribution in [0.1, 0.15) is 22.3 Å². The molecule has 0 bridgehead atoms. The highest BCUT2D eigenvalue weighted by Crippen LogP contribution is 2.33. The molecule has 5 rings (SSSR count). The maximum Gasteiger partial charge on any atom is 0.256 e. The molecule has 0 aromatic heterocycles. The van der Waals surface area contributed by atoms with Gasteiger partial charge in [0.05, 0.1) is 24.8 Å². The molecule has 0 saturated carbocycles. The summed E-state index contributed by atoms with van der Waals surface area (Å²) < 4.78 is 5.33. The molecule has 0 aliphatic carbocycles. The molecule has 2 heterocycles. The topological polar surface area (TPSA) is 87.7 Å². The van der Waals surface area contributed by atoms with Crippen LogP contribution in [-0.4, -0.2) is 54.6 Å². The van der Waals surface area contributed by atoms with Gasteiger partial charge in [0, 0.05) is 23.0 Å². The summed E-state index contributed by atoms with van der Waals surface area (Å²) in [6.45, 7) is 0.278. The van der Waals surface area contributed by atoms with E-state index in [-0.39, 0.29) is 36.7 Å². The van der Waals surface area contributed by atoms with Gasteiger partial charge in [-0.25, -0.2) is 0 Å². The zero-order valence-corrected chi connectivity index (χ0v) is 20.9. The number of rotatable bonds is 6. The number of hydrogen-bond acceptors (Lipinski definition) is 5. The number of anilines is 1. The molecule has 3 amide bonds. The number of hydrogen-bond donors (Lipinski definition) is 2. The van der Waals surface area contributed by atoms with Gasteiger partial charge in [0.2, 0.25) is 11.8 Å². The van der Waals surface area contributed by atoms with Gasteiger partial charge in [-0.3, -0.25) is 14.4 Å². The Bertz CT molecular complexity index is 1320. The second-order valence-electron chi connectivity index (χ2n) is 8.94. The number of nitrogens with one attached hydrogen (secondary N) is 2. The summed E-state index contributed by atoms with van der Waals surface area (Å²) >= 11 is 1.67. The zero-order valence-electron chi connectivity index (χ0n) is 20.1. The Kier molecular flexibility index (Phi) is 6.69. The summed E-state index contributed by atoms with van der Waals surface area (Å²) in [5.41, 5.74) is 3.66. The molecular formula is C28H27N3O4S. The van der Waals surface area contributed by atoms with Crippen molar-refractivity contribution >= 4 is 35.2 Å². The van der Waals surface area contributed by atoms with Crippen molar-refractivity contribution in [3.05, 3.63) is 77.9 Å². The number of thioether (sulfide) groups is 1. The molecule has 0 unspecified atom stereocenters. The molecule has 2 N–H and O–H groups in total. The van der Waals surface area contributed by atoms with Crippen LogP contribution < -0.4 is 15.4 Å². The Balaban J connectivity index is 1.33. The highest BCUT2D eigenvalue weighted by molar-refractivity contribution is 7.98. The summed E-state index contributed by atoms with van der Waals surface area (Å²) in [6.07, 6.45) is 2.55. The first-order valence-electron chi connectivity index (χ1n) is 11.8. The van der Waals surface area contributed by atoms with Crippen LogP contribution in [-0.2, 0) is 16.0 Å². The molecular weight excluding hydrogens is 474 g/mol. The van der Waals surface area contributed by atoms with Gasteiger partial charge in [-0.15, -0.1) is 11.8 Å². The Morgan fingerprint density at radius 3 is 2.58 bits per heavy atom. The van der Waals surface area contributed by atoms with Crippen LogP contribution in [0.5, 0.6) is 5.75 Å². The van der Waals surface area contributed by atoms with Crippen LogP contribution in [0.3, 0.4) is 0 Å². The van der Waals surface area contributed by atoms with Crippen molar-refractivity contribution in [1.82, 2.24) is 10.2 Å². The Labute approximate surface area is 214 Å². The summed E-state index contributed by atoms with van der Waals surface area (Å²) in [5.74, 6) is 0.0301. The fourth-order valence-electron chi connectivity index (χ4n) is 4.88. The molecule has 2 aliphatic heterocycles. The second-order valence-corrected chi connectivity index (χ2v) is 9.82. The van der Waals surface area contributed by atoms with Crippen LogP contribution in [0.25, 0.3) is 11.1 Å². The first-order chi connectivity index (χ1) is 17.5. The largest absolute Gasteiger partial charge is 0.496 e. The average Bonchev–Trinajstić information content (AvgIpc) is 3.29. The van der Waals surface area contributed by atoms with E-state index in [9.17, 15) is 14.4 Å². The third-order valence-electron chi connectivity index (χ3n) is 6.70. The fraction of sp³-hybridized carbons (Fsp3) is 0.250. The number of fused-ring (bicyclic) bond motifs is 2. The standard InChI is InChI=1S/C28H27N3O4S/c1-35-25-6-4-3-5-19(25)14-26(32)29-20-15-24-27(33)30-23-12-9-18(13-22(23)28(34)31(24)16-20)17-7-10-21(36-2)11-8-17/h3-13,20,24H,14-16H2,1-2H3,(H,29,32)(H,30,33)/t20-,24-/m1/s1. The van der Waals surface area contributed by atoms with E-state index >= 15 is 0 Å². The van der Waals surface area contributed by atoms with Crippen molar-refractivity contribution in [1.29, 1.82) is 0 Å². The van der Waals surface area contributed by atoms with Crippen LogP contribution in [0, 0.1) is 0 Å². The lowest BCUT2D eigenvalue weighted by molar-refractivity contribution is -0.121. The smallest absolute Gasteiger partial charge is 0.256 e. The second kappa shape index (κ2) is 10.1. The molecule has 8 heteroatoms. The number of benzene rings is 3. The monoisotopic (exact) mass is 501 g/mol. The molecule has 1 fully saturated rings. The van der Waals surface area contributed by atoms with Crippen LogP contribution in [0.15, 0.2) is 71.6 Å². The quantitative estimate of drug-likeness (QED) is 0.499. The third kappa shape index (κ3) is 4.68. The Hall–Kier alpha value is -3.78. The molecule has 2 atom stereocenters. The number of methoxy groups -OCH3 is 1. The predicted molar refractivity (Wildman–Crippen MR) is 140 cm³/mol. The minimum absolute atomic E-state index is 0.160. The van der Waals surface area contributed by atoms with Gasteiger partial charge in [-0.05, 0) is 54.1 Å². The van der Waals surface area contributed by atoms with E-state index in [2.05, 4.69) is 10.6 Å². The van der Waals surface area contributed by atoms with Gasteiger partial charge in [0.25, 0.3) is 5.91 Å². The maximum atomic E-state index is 13.6. The van der Waals surface area contributed by atoms with Crippen molar-refractivity contribution in [2.45, 2.75) is 29.8 Å². The van der Waals surface area contributed by atoms with Gasteiger partial charge in [-0.2, -0.15) is 0 Å². The highest BCUT2D eigenvalue weighted by atomic mass is 32.2. The minimum atomic E-state index is -0.634. The van der Waals surface area contributed by atoms with E-state index in [1.165, 1.54) is 0 Å². The summed E-state index contributed by atoms with van der Waals surface area (Å²) in [4.78, 5) is 42.0. The average molecular weight is 502 g/mol. The van der Waals surface area contributed by atoms with Crippen molar-refractivity contribution in [3.8, 4) is 16.9 Å². The number of amides is 3. The van der Waals surface area contributed by atoms with E-state index < -0.39 is 6.04 Å². The Morgan fingerprint density at radius 1 is 1.08 bits per heavy atom. The van der Waals surface area contributed by atoms with Gasteiger partial charge >= 0.3 is 0 Å². The number of nitrogens with zero attached hydrogens (tertiary/aromatic N) is 1. The van der Waals surface area contributed by atoms with Crippen molar-refractivity contribution < 1.29 is 19.1 Å². The summed E-state index contributed by atoms with van der Waals surface area (Å²) in [5, 5.41) is 5.91. The van der Waals surface area contributed by atoms with E-state index in [4.69, 9.17) is 4.74 Å². The summed E-state index contributed by atoms with van der Waals surface area (Å²) in [7, 11) is 1.57. The van der Waals surface area contributed by atoms with E-state index in [1.807, 2.05) is 66.9 Å². The SMILES string of the molecule is COc1ccccc1CC(=O)N[C@@H]1C[C@@H]2C(=O)Nc3ccc(-c4ccc(SC)cc4)cc3C(=O)N2C1. The lowest BCUT2D eigenvalue weighted by atomic mass is 10.0. The van der Waals surface area contributed by atoms with E-state index in [0.29, 0.717) is 23.4 Å². The van der Waals surface area contributed by atoms with Gasteiger partial charge in [0.1, 0.15) is 11.8 Å². The van der Waals surface area contributed by atoms with Gasteiger partial charge in [-0.1, -0.05) is 36.4 Å². The van der Waals surface area contributed by atoms with E-state index in [1.54, 1.807) is 29.8 Å².